The van der Waals surface area contributed by atoms with Crippen molar-refractivity contribution in [1.82, 2.24) is 10.3 Å². The van der Waals surface area contributed by atoms with Crippen molar-refractivity contribution in [1.29, 1.82) is 0 Å². The lowest BCUT2D eigenvalue weighted by atomic mass is 10.0. The summed E-state index contributed by atoms with van der Waals surface area (Å²) in [6.45, 7) is 2.56. The van der Waals surface area contributed by atoms with E-state index < -0.39 is 6.10 Å². The van der Waals surface area contributed by atoms with Crippen LogP contribution >= 0.6 is 0 Å². The van der Waals surface area contributed by atoms with Gasteiger partial charge in [-0.25, -0.2) is 4.98 Å². The number of aliphatic hydroxyl groups excluding tert-OH is 1. The number of nitrogens with zero attached hydrogens (tertiary/aromatic N) is 1. The Labute approximate surface area is 175 Å². The van der Waals surface area contributed by atoms with Crippen molar-refractivity contribution in [3.05, 3.63) is 60.2 Å². The topological polar surface area (TPSA) is 80.7 Å². The number of methoxy groups -OCH3 is 1. The van der Waals surface area contributed by atoms with Gasteiger partial charge in [0.2, 0.25) is 0 Å². The average molecular weight is 406 g/mol. The zero-order chi connectivity index (χ0) is 21.1. The molecule has 1 aliphatic carbocycles. The number of hydrogen-bond donors (Lipinski definition) is 2. The first-order valence-corrected chi connectivity index (χ1v) is 10.2. The zero-order valence-electron chi connectivity index (χ0n) is 17.2. The van der Waals surface area contributed by atoms with Crippen LogP contribution in [0.3, 0.4) is 0 Å². The van der Waals surface area contributed by atoms with Gasteiger partial charge in [-0.05, 0) is 56.2 Å². The van der Waals surface area contributed by atoms with Gasteiger partial charge >= 0.3 is 0 Å². The fourth-order valence-corrected chi connectivity index (χ4v) is 4.01. The Kier molecular flexibility index (Phi) is 5.97. The molecular formula is C24H26N2O4. The van der Waals surface area contributed by atoms with Crippen LogP contribution < -0.4 is 10.1 Å². The van der Waals surface area contributed by atoms with Crippen LogP contribution in [-0.4, -0.2) is 48.0 Å². The normalized spacial score (nSPS) is 21.0. The Hall–Kier alpha value is -2.96. The maximum atomic E-state index is 13.2. The van der Waals surface area contributed by atoms with Gasteiger partial charge in [0.05, 0.1) is 35.6 Å². The number of fused-ring (bicyclic) bond motifs is 1. The molecule has 2 aromatic carbocycles. The fourth-order valence-electron chi connectivity index (χ4n) is 4.01. The third kappa shape index (κ3) is 4.15. The quantitative estimate of drug-likeness (QED) is 0.654. The highest BCUT2D eigenvalue weighted by molar-refractivity contribution is 6.07. The van der Waals surface area contributed by atoms with E-state index >= 15 is 0 Å². The lowest BCUT2D eigenvalue weighted by Crippen LogP contribution is -2.33. The Morgan fingerprint density at radius 2 is 1.93 bits per heavy atom. The largest absolute Gasteiger partial charge is 0.494 e. The summed E-state index contributed by atoms with van der Waals surface area (Å²) < 4.78 is 10.8. The summed E-state index contributed by atoms with van der Waals surface area (Å²) in [7, 11) is 1.58. The predicted molar refractivity (Wildman–Crippen MR) is 116 cm³/mol. The maximum Gasteiger partial charge on any atom is 0.252 e. The summed E-state index contributed by atoms with van der Waals surface area (Å²) in [4.78, 5) is 17.9. The minimum atomic E-state index is -0.561. The van der Waals surface area contributed by atoms with Crippen molar-refractivity contribution >= 4 is 16.8 Å². The van der Waals surface area contributed by atoms with Crippen molar-refractivity contribution in [2.45, 2.75) is 38.0 Å². The van der Waals surface area contributed by atoms with E-state index in [0.29, 0.717) is 25.0 Å². The van der Waals surface area contributed by atoms with Gasteiger partial charge in [0.25, 0.3) is 5.91 Å². The number of benzene rings is 2. The number of aromatic nitrogens is 1. The number of nitrogens with one attached hydrogen (secondary N) is 1. The van der Waals surface area contributed by atoms with E-state index in [1.54, 1.807) is 7.11 Å². The second-order valence-corrected chi connectivity index (χ2v) is 7.51. The number of aliphatic hydroxyl groups is 1. The van der Waals surface area contributed by atoms with Crippen molar-refractivity contribution in [3.63, 3.8) is 0 Å². The summed E-state index contributed by atoms with van der Waals surface area (Å²) in [5, 5.41) is 13.9. The van der Waals surface area contributed by atoms with Crippen LogP contribution in [-0.2, 0) is 4.74 Å². The highest BCUT2D eigenvalue weighted by atomic mass is 16.5. The van der Waals surface area contributed by atoms with Gasteiger partial charge in [-0.2, -0.15) is 0 Å². The Morgan fingerprint density at radius 3 is 2.63 bits per heavy atom. The molecule has 156 valence electrons. The summed E-state index contributed by atoms with van der Waals surface area (Å²) >= 11 is 0. The van der Waals surface area contributed by atoms with Crippen LogP contribution in [0.2, 0.25) is 0 Å². The standard InChI is InChI=1S/C24H26N2O4/c1-3-30-17-10-8-15(9-11-17)21-14-19(18-6-4-5-7-20(18)26-21)24(28)25-16-12-22(27)23(13-16)29-2/h4-11,14,16,22-23,27H,3,12-13H2,1-2H3,(H,25,28)/t16-,22-,23-/m0/s1. The molecular weight excluding hydrogens is 380 g/mol. The third-order valence-corrected chi connectivity index (χ3v) is 5.53. The molecule has 6 nitrogen and oxygen atoms in total. The van der Waals surface area contributed by atoms with Gasteiger partial charge < -0.3 is 19.9 Å². The zero-order valence-corrected chi connectivity index (χ0v) is 17.2. The van der Waals surface area contributed by atoms with Crippen LogP contribution in [0, 0.1) is 0 Å². The first-order chi connectivity index (χ1) is 14.6. The number of carbonyl (C=O) groups excluding carboxylic acids is 1. The van der Waals surface area contributed by atoms with E-state index in [1.807, 2.05) is 61.5 Å². The van der Waals surface area contributed by atoms with Gasteiger partial charge in [-0.3, -0.25) is 4.79 Å². The van der Waals surface area contributed by atoms with Gasteiger partial charge in [0.1, 0.15) is 5.75 Å². The number of amides is 1. The van der Waals surface area contributed by atoms with Crippen LogP contribution in [0.4, 0.5) is 0 Å². The molecule has 0 radical (unpaired) electrons. The van der Waals surface area contributed by atoms with Gasteiger partial charge in [0, 0.05) is 24.1 Å². The van der Waals surface area contributed by atoms with Crippen LogP contribution in [0.25, 0.3) is 22.2 Å². The molecule has 1 aromatic heterocycles. The van der Waals surface area contributed by atoms with E-state index in [-0.39, 0.29) is 18.1 Å². The van der Waals surface area contributed by atoms with Gasteiger partial charge in [-0.1, -0.05) is 18.2 Å². The summed E-state index contributed by atoms with van der Waals surface area (Å²) in [5.74, 6) is 0.627. The summed E-state index contributed by atoms with van der Waals surface area (Å²) in [5.41, 5.74) is 2.97. The number of carbonyl (C=O) groups is 1. The van der Waals surface area contributed by atoms with Crippen molar-refractivity contribution in [2.75, 3.05) is 13.7 Å². The second kappa shape index (κ2) is 8.81. The van der Waals surface area contributed by atoms with Gasteiger partial charge in [0.15, 0.2) is 0 Å². The molecule has 0 saturated heterocycles. The first kappa shape index (κ1) is 20.3. The van der Waals surface area contributed by atoms with Crippen LogP contribution in [0.1, 0.15) is 30.1 Å². The smallest absolute Gasteiger partial charge is 0.252 e. The maximum absolute atomic E-state index is 13.2. The molecule has 4 rings (SSSR count). The Balaban J connectivity index is 1.66. The van der Waals surface area contributed by atoms with E-state index in [1.165, 1.54) is 0 Å². The van der Waals surface area contributed by atoms with E-state index in [4.69, 9.17) is 14.5 Å². The van der Waals surface area contributed by atoms with E-state index in [0.717, 1.165) is 27.9 Å². The number of pyridine rings is 1. The molecule has 2 N–H and O–H groups in total. The molecule has 6 heteroatoms. The molecule has 0 bridgehead atoms. The van der Waals surface area contributed by atoms with Crippen LogP contribution in [0.5, 0.6) is 5.75 Å². The molecule has 0 aliphatic heterocycles. The van der Waals surface area contributed by atoms with E-state index in [9.17, 15) is 9.90 Å². The minimum absolute atomic E-state index is 0.127. The fraction of sp³-hybridized carbons (Fsp3) is 0.333. The third-order valence-electron chi connectivity index (χ3n) is 5.53. The van der Waals surface area contributed by atoms with Gasteiger partial charge in [-0.15, -0.1) is 0 Å². The molecule has 1 saturated carbocycles. The molecule has 30 heavy (non-hydrogen) atoms. The molecule has 0 unspecified atom stereocenters. The summed E-state index contributed by atoms with van der Waals surface area (Å²) in [6, 6.07) is 17.0. The Bertz CT molecular complexity index is 1040. The summed E-state index contributed by atoms with van der Waals surface area (Å²) in [6.07, 6.45) is 0.273. The highest BCUT2D eigenvalue weighted by Crippen LogP contribution is 2.28. The molecule has 0 spiro atoms. The first-order valence-electron chi connectivity index (χ1n) is 10.2. The molecule has 3 aromatic rings. The lowest BCUT2D eigenvalue weighted by Gasteiger charge is -2.15. The van der Waals surface area contributed by atoms with E-state index in [2.05, 4.69) is 5.32 Å². The van der Waals surface area contributed by atoms with Crippen molar-refractivity contribution in [2.24, 2.45) is 0 Å². The number of para-hydroxylation sites is 1. The SMILES string of the molecule is CCOc1ccc(-c2cc(C(=O)N[C@@H]3C[C@H](OC)[C@@H](O)C3)c3ccccc3n2)cc1. The Morgan fingerprint density at radius 1 is 1.17 bits per heavy atom. The molecule has 1 fully saturated rings. The molecule has 3 atom stereocenters. The average Bonchev–Trinajstić information content (AvgIpc) is 3.12. The lowest BCUT2D eigenvalue weighted by molar-refractivity contribution is 0.00979. The molecule has 1 amide bonds. The predicted octanol–water partition coefficient (Wildman–Crippen LogP) is 3.57. The monoisotopic (exact) mass is 406 g/mol. The molecule has 1 heterocycles. The second-order valence-electron chi connectivity index (χ2n) is 7.51. The minimum Gasteiger partial charge on any atom is -0.494 e. The highest BCUT2D eigenvalue weighted by Gasteiger charge is 2.34. The van der Waals surface area contributed by atoms with Crippen molar-refractivity contribution < 1.29 is 19.4 Å². The number of hydrogen-bond acceptors (Lipinski definition) is 5. The molecule has 1 aliphatic rings. The van der Waals surface area contributed by atoms with Crippen molar-refractivity contribution in [3.8, 4) is 17.0 Å². The van der Waals surface area contributed by atoms with Crippen LogP contribution in [0.15, 0.2) is 54.6 Å². The number of rotatable bonds is 6. The number of ether oxygens (including phenoxy) is 2.